The van der Waals surface area contributed by atoms with E-state index in [-0.39, 0.29) is 5.41 Å². The maximum Gasteiger partial charge on any atom is -0.00172 e. The number of hydrogen-bond donors (Lipinski definition) is 0. The van der Waals surface area contributed by atoms with Crippen LogP contribution in [-0.4, -0.2) is 0 Å². The van der Waals surface area contributed by atoms with Crippen molar-refractivity contribution in [3.05, 3.63) is 84.4 Å². The van der Waals surface area contributed by atoms with Gasteiger partial charge in [0.05, 0.1) is 0 Å². The van der Waals surface area contributed by atoms with Crippen molar-refractivity contribution in [3.63, 3.8) is 0 Å². The molecule has 0 radical (unpaired) electrons. The lowest BCUT2D eigenvalue weighted by atomic mass is 9.79. The Morgan fingerprint density at radius 1 is 0.538 bits per heavy atom. The first kappa shape index (κ1) is 15.4. The van der Waals surface area contributed by atoms with Crippen LogP contribution in [0.2, 0.25) is 0 Å². The van der Waals surface area contributed by atoms with E-state index in [0.29, 0.717) is 0 Å². The van der Waals surface area contributed by atoms with Gasteiger partial charge < -0.3 is 0 Å². The largest absolute Gasteiger partial charge is 0.0622 e. The second-order valence-electron chi connectivity index (χ2n) is 8.24. The molecule has 26 heavy (non-hydrogen) atoms. The fourth-order valence-electron chi connectivity index (χ4n) is 4.40. The summed E-state index contributed by atoms with van der Waals surface area (Å²) in [5.41, 5.74) is 9.72. The van der Waals surface area contributed by atoms with Crippen molar-refractivity contribution in [2.24, 2.45) is 0 Å². The van der Waals surface area contributed by atoms with Crippen LogP contribution in [0.3, 0.4) is 0 Å². The molecule has 0 heterocycles. The van der Waals surface area contributed by atoms with Crippen LogP contribution in [0.1, 0.15) is 26.3 Å². The van der Waals surface area contributed by atoms with E-state index < -0.39 is 0 Å². The normalized spacial score (nSPS) is 12.4. The number of rotatable bonds is 1. The molecule has 0 atom stereocenters. The average Bonchev–Trinajstić information content (AvgIpc) is 2.98. The molecule has 1 aliphatic carbocycles. The van der Waals surface area contributed by atoms with Crippen LogP contribution < -0.4 is 0 Å². The molecule has 0 aromatic heterocycles. The van der Waals surface area contributed by atoms with Crippen molar-refractivity contribution in [1.82, 2.24) is 0 Å². The minimum Gasteiger partial charge on any atom is -0.0622 e. The Morgan fingerprint density at radius 3 is 1.85 bits per heavy atom. The molecular formula is C26H22. The fraction of sp³-hybridized carbons (Fsp3) is 0.154. The molecule has 126 valence electrons. The van der Waals surface area contributed by atoms with Gasteiger partial charge in [0.2, 0.25) is 0 Å². The standard InChI is InChI=1S/C26H22/c1-26(2,3)22-16-15-19(17-9-5-4-6-10-17)24-20-13-7-11-18-12-8-14-21(23(18)20)25(22)24/h4-16H,1-3H3. The SMILES string of the molecule is CC(C)(C)c1ccc(-c2ccccc2)c2c1-c1cccc3cccc-2c13. The smallest absolute Gasteiger partial charge is 0.00172 e. The second-order valence-corrected chi connectivity index (χ2v) is 8.24. The molecule has 0 saturated heterocycles. The maximum absolute atomic E-state index is 2.34. The Labute approximate surface area is 155 Å². The van der Waals surface area contributed by atoms with E-state index in [1.807, 2.05) is 0 Å². The van der Waals surface area contributed by atoms with E-state index in [9.17, 15) is 0 Å². The summed E-state index contributed by atoms with van der Waals surface area (Å²) in [4.78, 5) is 0. The molecule has 1 aliphatic rings. The summed E-state index contributed by atoms with van der Waals surface area (Å²) in [6, 6.07) is 28.9. The van der Waals surface area contributed by atoms with E-state index in [1.54, 1.807) is 0 Å². The molecule has 0 nitrogen and oxygen atoms in total. The highest BCUT2D eigenvalue weighted by Crippen LogP contribution is 2.54. The van der Waals surface area contributed by atoms with Crippen LogP contribution in [0.5, 0.6) is 0 Å². The lowest BCUT2D eigenvalue weighted by Gasteiger charge is -2.25. The van der Waals surface area contributed by atoms with Gasteiger partial charge in [0.1, 0.15) is 0 Å². The third-order valence-electron chi connectivity index (χ3n) is 5.54. The molecule has 4 aromatic carbocycles. The van der Waals surface area contributed by atoms with Gasteiger partial charge in [-0.15, -0.1) is 0 Å². The van der Waals surface area contributed by atoms with Crippen molar-refractivity contribution in [2.45, 2.75) is 26.2 Å². The van der Waals surface area contributed by atoms with Gasteiger partial charge in [0, 0.05) is 0 Å². The monoisotopic (exact) mass is 334 g/mol. The zero-order valence-electron chi connectivity index (χ0n) is 15.5. The molecular weight excluding hydrogens is 312 g/mol. The van der Waals surface area contributed by atoms with E-state index >= 15 is 0 Å². The molecule has 0 N–H and O–H groups in total. The summed E-state index contributed by atoms with van der Waals surface area (Å²) in [6.07, 6.45) is 0. The summed E-state index contributed by atoms with van der Waals surface area (Å²) in [5, 5.41) is 2.73. The first-order chi connectivity index (χ1) is 12.6. The second kappa shape index (κ2) is 5.32. The van der Waals surface area contributed by atoms with Crippen molar-refractivity contribution < 1.29 is 0 Å². The zero-order valence-corrected chi connectivity index (χ0v) is 15.5. The summed E-state index contributed by atoms with van der Waals surface area (Å²) in [7, 11) is 0. The highest BCUT2D eigenvalue weighted by atomic mass is 14.3. The van der Waals surface area contributed by atoms with Gasteiger partial charge in [-0.1, -0.05) is 99.6 Å². The van der Waals surface area contributed by atoms with Crippen molar-refractivity contribution in [3.8, 4) is 33.4 Å². The van der Waals surface area contributed by atoms with Gasteiger partial charge in [-0.2, -0.15) is 0 Å². The Morgan fingerprint density at radius 2 is 1.19 bits per heavy atom. The van der Waals surface area contributed by atoms with E-state index in [0.717, 1.165) is 0 Å². The minimum absolute atomic E-state index is 0.101. The first-order valence-corrected chi connectivity index (χ1v) is 9.31. The summed E-state index contributed by atoms with van der Waals surface area (Å²) >= 11 is 0. The van der Waals surface area contributed by atoms with Crippen LogP contribution in [0.25, 0.3) is 44.2 Å². The summed E-state index contributed by atoms with van der Waals surface area (Å²) < 4.78 is 0. The Balaban J connectivity index is 1.96. The Bertz CT molecular complexity index is 1140. The van der Waals surface area contributed by atoms with Crippen molar-refractivity contribution in [1.29, 1.82) is 0 Å². The van der Waals surface area contributed by atoms with Crippen LogP contribution in [0, 0.1) is 0 Å². The van der Waals surface area contributed by atoms with E-state index in [4.69, 9.17) is 0 Å². The Hall–Kier alpha value is -2.86. The van der Waals surface area contributed by atoms with Crippen LogP contribution >= 0.6 is 0 Å². The number of hydrogen-bond acceptors (Lipinski definition) is 0. The average molecular weight is 334 g/mol. The van der Waals surface area contributed by atoms with Crippen molar-refractivity contribution >= 4 is 10.8 Å². The number of benzene rings is 4. The van der Waals surface area contributed by atoms with Gasteiger partial charge in [-0.05, 0) is 55.1 Å². The minimum atomic E-state index is 0.101. The molecule has 0 heteroatoms. The maximum atomic E-state index is 2.34. The number of fused-ring (bicyclic) bond motifs is 3. The third-order valence-corrected chi connectivity index (χ3v) is 5.54. The lowest BCUT2D eigenvalue weighted by Crippen LogP contribution is -2.13. The summed E-state index contributed by atoms with van der Waals surface area (Å²) in [5.74, 6) is 0. The fourth-order valence-corrected chi connectivity index (χ4v) is 4.40. The molecule has 0 bridgehead atoms. The van der Waals surface area contributed by atoms with Crippen LogP contribution in [-0.2, 0) is 5.41 Å². The molecule has 5 rings (SSSR count). The molecule has 0 spiro atoms. The predicted octanol–water partition coefficient (Wildman–Crippen LogP) is 7.45. The van der Waals surface area contributed by atoms with Gasteiger partial charge in [-0.3, -0.25) is 0 Å². The van der Waals surface area contributed by atoms with E-state index in [2.05, 4.69) is 99.6 Å². The van der Waals surface area contributed by atoms with Gasteiger partial charge in [-0.25, -0.2) is 0 Å². The molecule has 0 unspecified atom stereocenters. The predicted molar refractivity (Wildman–Crippen MR) is 113 cm³/mol. The molecule has 0 aliphatic heterocycles. The first-order valence-electron chi connectivity index (χ1n) is 9.31. The van der Waals surface area contributed by atoms with Gasteiger partial charge in [0.15, 0.2) is 0 Å². The van der Waals surface area contributed by atoms with Crippen LogP contribution in [0.4, 0.5) is 0 Å². The highest BCUT2D eigenvalue weighted by Gasteiger charge is 2.30. The molecule has 0 amide bonds. The Kier molecular flexibility index (Phi) is 3.15. The van der Waals surface area contributed by atoms with Crippen molar-refractivity contribution in [2.75, 3.05) is 0 Å². The molecule has 4 aromatic rings. The summed E-state index contributed by atoms with van der Waals surface area (Å²) in [6.45, 7) is 6.94. The lowest BCUT2D eigenvalue weighted by molar-refractivity contribution is 0.592. The molecule has 0 fully saturated rings. The highest BCUT2D eigenvalue weighted by molar-refractivity contribution is 6.18. The van der Waals surface area contributed by atoms with Gasteiger partial charge in [0.25, 0.3) is 0 Å². The van der Waals surface area contributed by atoms with Crippen LogP contribution in [0.15, 0.2) is 78.9 Å². The van der Waals surface area contributed by atoms with E-state index in [1.165, 1.54) is 49.7 Å². The topological polar surface area (TPSA) is 0 Å². The molecule has 0 saturated carbocycles. The zero-order chi connectivity index (χ0) is 17.9. The quantitative estimate of drug-likeness (QED) is 0.298. The third kappa shape index (κ3) is 2.08. The van der Waals surface area contributed by atoms with Gasteiger partial charge >= 0.3 is 0 Å².